The van der Waals surface area contributed by atoms with Gasteiger partial charge in [-0.15, -0.1) is 0 Å². The molecule has 3 aliphatic carbocycles. The standard InChI is InChI=1S/C23H22N2O5S/c26-23-21(13-20-16-6-7-17(12-16)22(20)23)24(14-15-4-2-1-3-5-15)31(29,30)19-10-8-18(9-11-19)25(27)28/h1-5,8-11,13,16-17,20,22H,6-7,12,14H2/t16-,17+,20+,22-/m0/s1. The number of carbonyl (C=O) groups excluding carboxylic acids is 1. The molecular weight excluding hydrogens is 416 g/mol. The van der Waals surface area contributed by atoms with E-state index in [4.69, 9.17) is 0 Å². The first-order valence-corrected chi connectivity index (χ1v) is 11.9. The van der Waals surface area contributed by atoms with Gasteiger partial charge in [-0.3, -0.25) is 19.2 Å². The molecule has 0 aromatic heterocycles. The summed E-state index contributed by atoms with van der Waals surface area (Å²) >= 11 is 0. The number of hydrogen-bond acceptors (Lipinski definition) is 5. The van der Waals surface area contributed by atoms with E-state index >= 15 is 0 Å². The molecule has 8 heteroatoms. The zero-order chi connectivity index (χ0) is 21.8. The SMILES string of the molecule is O=C1C(N(Cc2ccccc2)S(=O)(=O)c2ccc([N+](=O)[O-])cc2)=C[C@@H]2[C@H]3CC[C@H](C3)[C@H]12. The second-order valence-corrected chi connectivity index (χ2v) is 10.5. The number of fused-ring (bicyclic) bond motifs is 5. The quantitative estimate of drug-likeness (QED) is 0.503. The van der Waals surface area contributed by atoms with Gasteiger partial charge in [0.15, 0.2) is 5.78 Å². The lowest BCUT2D eigenvalue weighted by molar-refractivity contribution is -0.384. The third-order valence-corrected chi connectivity index (χ3v) is 8.73. The molecule has 3 aliphatic rings. The number of carbonyl (C=O) groups is 1. The average molecular weight is 439 g/mol. The summed E-state index contributed by atoms with van der Waals surface area (Å²) in [4.78, 5) is 23.7. The van der Waals surface area contributed by atoms with Crippen molar-refractivity contribution in [1.29, 1.82) is 0 Å². The predicted octanol–water partition coefficient (Wildman–Crippen LogP) is 3.91. The van der Waals surface area contributed by atoms with E-state index in [1.54, 1.807) is 0 Å². The fourth-order valence-corrected chi connectivity index (χ4v) is 6.99. The Balaban J connectivity index is 1.55. The molecule has 31 heavy (non-hydrogen) atoms. The van der Waals surface area contributed by atoms with Gasteiger partial charge < -0.3 is 0 Å². The molecule has 0 N–H and O–H groups in total. The Kier molecular flexibility index (Phi) is 4.69. The van der Waals surface area contributed by atoms with Crippen LogP contribution < -0.4 is 0 Å². The molecule has 2 aromatic rings. The van der Waals surface area contributed by atoms with E-state index in [-0.39, 0.29) is 40.4 Å². The second-order valence-electron chi connectivity index (χ2n) is 8.60. The number of hydrogen-bond donors (Lipinski definition) is 0. The van der Waals surface area contributed by atoms with Gasteiger partial charge in [0.05, 0.1) is 22.1 Å². The van der Waals surface area contributed by atoms with Crippen molar-refractivity contribution in [3.63, 3.8) is 0 Å². The number of non-ortho nitro benzene ring substituents is 1. The van der Waals surface area contributed by atoms with Crippen molar-refractivity contribution in [3.05, 3.63) is 82.0 Å². The topological polar surface area (TPSA) is 97.6 Å². The monoisotopic (exact) mass is 438 g/mol. The summed E-state index contributed by atoms with van der Waals surface area (Å²) < 4.78 is 28.4. The summed E-state index contributed by atoms with van der Waals surface area (Å²) in [7, 11) is -4.08. The highest BCUT2D eigenvalue weighted by Crippen LogP contribution is 2.57. The fourth-order valence-electron chi connectivity index (χ4n) is 5.52. The number of sulfonamides is 1. The maximum absolute atomic E-state index is 13.6. The van der Waals surface area contributed by atoms with Crippen LogP contribution in [0.2, 0.25) is 0 Å². The Hall–Kier alpha value is -3.00. The van der Waals surface area contributed by atoms with Gasteiger partial charge in [-0.2, -0.15) is 0 Å². The van der Waals surface area contributed by atoms with Crippen LogP contribution in [0.25, 0.3) is 0 Å². The van der Waals surface area contributed by atoms with Crippen LogP contribution in [0.5, 0.6) is 0 Å². The summed E-state index contributed by atoms with van der Waals surface area (Å²) in [6, 6.07) is 14.0. The summed E-state index contributed by atoms with van der Waals surface area (Å²) in [5.41, 5.74) is 0.825. The molecule has 0 radical (unpaired) electrons. The van der Waals surface area contributed by atoms with Crippen molar-refractivity contribution in [2.75, 3.05) is 0 Å². The van der Waals surface area contributed by atoms with Crippen molar-refractivity contribution < 1.29 is 18.1 Å². The Labute approximate surface area is 180 Å². The number of ketones is 1. The Morgan fingerprint density at radius 2 is 1.68 bits per heavy atom. The minimum absolute atomic E-state index is 0.0342. The molecule has 5 rings (SSSR count). The second kappa shape index (κ2) is 7.30. The number of nitrogens with zero attached hydrogens (tertiary/aromatic N) is 2. The van der Waals surface area contributed by atoms with E-state index < -0.39 is 14.9 Å². The van der Waals surface area contributed by atoms with Crippen LogP contribution in [0.1, 0.15) is 24.8 Å². The molecule has 2 saturated carbocycles. The number of rotatable bonds is 6. The Morgan fingerprint density at radius 3 is 2.32 bits per heavy atom. The first-order valence-electron chi connectivity index (χ1n) is 10.4. The third kappa shape index (κ3) is 3.26. The lowest BCUT2D eigenvalue weighted by atomic mass is 9.81. The molecule has 2 fully saturated rings. The number of nitro benzene ring substituents is 1. The van der Waals surface area contributed by atoms with Crippen LogP contribution in [0.4, 0.5) is 5.69 Å². The van der Waals surface area contributed by atoms with Gasteiger partial charge in [-0.05, 0) is 54.7 Å². The molecule has 0 spiro atoms. The smallest absolute Gasteiger partial charge is 0.269 e. The minimum Gasteiger partial charge on any atom is -0.292 e. The third-order valence-electron chi connectivity index (χ3n) is 6.96. The summed E-state index contributed by atoms with van der Waals surface area (Å²) in [6.45, 7) is 0.0342. The van der Waals surface area contributed by atoms with Crippen LogP contribution in [-0.4, -0.2) is 23.4 Å². The number of allylic oxidation sites excluding steroid dienone is 2. The maximum Gasteiger partial charge on any atom is 0.269 e. The zero-order valence-corrected chi connectivity index (χ0v) is 17.6. The van der Waals surface area contributed by atoms with E-state index in [1.807, 2.05) is 36.4 Å². The molecule has 0 heterocycles. The van der Waals surface area contributed by atoms with Crippen molar-refractivity contribution in [3.8, 4) is 0 Å². The van der Waals surface area contributed by atoms with Gasteiger partial charge in [0.1, 0.15) is 0 Å². The van der Waals surface area contributed by atoms with Gasteiger partial charge in [0, 0.05) is 18.1 Å². The van der Waals surface area contributed by atoms with Gasteiger partial charge >= 0.3 is 0 Å². The molecule has 2 bridgehead atoms. The van der Waals surface area contributed by atoms with Crippen LogP contribution in [0, 0.1) is 33.8 Å². The molecule has 7 nitrogen and oxygen atoms in total. The molecule has 0 aliphatic heterocycles. The van der Waals surface area contributed by atoms with Crippen LogP contribution in [-0.2, 0) is 21.4 Å². The highest BCUT2D eigenvalue weighted by Gasteiger charge is 2.55. The van der Waals surface area contributed by atoms with Crippen molar-refractivity contribution >= 4 is 21.5 Å². The van der Waals surface area contributed by atoms with Crippen LogP contribution >= 0.6 is 0 Å². The highest BCUT2D eigenvalue weighted by molar-refractivity contribution is 7.89. The number of Topliss-reactive ketones (excluding diaryl/α,β-unsaturated/α-hetero) is 1. The first kappa shape index (κ1) is 19.9. The highest BCUT2D eigenvalue weighted by atomic mass is 32.2. The van der Waals surface area contributed by atoms with Crippen molar-refractivity contribution in [2.45, 2.75) is 30.7 Å². The summed E-state index contributed by atoms with van der Waals surface area (Å²) in [6.07, 6.45) is 5.06. The predicted molar refractivity (Wildman–Crippen MR) is 113 cm³/mol. The van der Waals surface area contributed by atoms with E-state index in [9.17, 15) is 23.3 Å². The molecule has 0 unspecified atom stereocenters. The zero-order valence-electron chi connectivity index (χ0n) is 16.8. The van der Waals surface area contributed by atoms with Gasteiger partial charge in [0.25, 0.3) is 15.7 Å². The Bertz CT molecular complexity index is 1170. The van der Waals surface area contributed by atoms with Crippen molar-refractivity contribution in [1.82, 2.24) is 4.31 Å². The van der Waals surface area contributed by atoms with Gasteiger partial charge in [0.2, 0.25) is 0 Å². The molecular formula is C23H22N2O5S. The molecule has 160 valence electrons. The van der Waals surface area contributed by atoms with E-state index in [1.165, 1.54) is 28.6 Å². The number of benzene rings is 2. The van der Waals surface area contributed by atoms with E-state index in [0.29, 0.717) is 11.8 Å². The van der Waals surface area contributed by atoms with Gasteiger partial charge in [-0.25, -0.2) is 8.42 Å². The Morgan fingerprint density at radius 1 is 1.00 bits per heavy atom. The largest absolute Gasteiger partial charge is 0.292 e. The number of nitro groups is 1. The lowest BCUT2D eigenvalue weighted by Crippen LogP contribution is -2.34. The molecule has 0 amide bonds. The van der Waals surface area contributed by atoms with E-state index in [2.05, 4.69) is 0 Å². The summed E-state index contributed by atoms with van der Waals surface area (Å²) in [5, 5.41) is 11.0. The van der Waals surface area contributed by atoms with E-state index in [0.717, 1.165) is 24.8 Å². The fraction of sp³-hybridized carbons (Fsp3) is 0.348. The molecule has 0 saturated heterocycles. The minimum atomic E-state index is -4.08. The normalized spacial score (nSPS) is 26.6. The lowest BCUT2D eigenvalue weighted by Gasteiger charge is -2.26. The molecule has 4 atom stereocenters. The average Bonchev–Trinajstić information content (AvgIpc) is 3.46. The molecule has 2 aromatic carbocycles. The van der Waals surface area contributed by atoms with Crippen molar-refractivity contribution in [2.24, 2.45) is 23.7 Å². The van der Waals surface area contributed by atoms with Crippen LogP contribution in [0.3, 0.4) is 0 Å². The van der Waals surface area contributed by atoms with Gasteiger partial charge in [-0.1, -0.05) is 36.4 Å². The first-order chi connectivity index (χ1) is 14.9. The summed E-state index contributed by atoms with van der Waals surface area (Å²) in [5.74, 6) is 0.721. The maximum atomic E-state index is 13.6. The van der Waals surface area contributed by atoms with Crippen LogP contribution in [0.15, 0.2) is 71.3 Å².